The molecule has 0 saturated heterocycles. The normalized spacial score (nSPS) is 13.3. The van der Waals surface area contributed by atoms with Crippen LogP contribution in [-0.4, -0.2) is 14.5 Å². The zero-order valence-corrected chi connectivity index (χ0v) is 13.2. The van der Waals surface area contributed by atoms with Crippen LogP contribution in [0, 0.1) is 0 Å². The summed E-state index contributed by atoms with van der Waals surface area (Å²) in [6, 6.07) is 7.22. The van der Waals surface area contributed by atoms with E-state index >= 15 is 0 Å². The third-order valence-corrected chi connectivity index (χ3v) is 4.28. The molecular weight excluding hydrogens is 272 g/mol. The zero-order chi connectivity index (χ0) is 15.0. The first-order chi connectivity index (χ1) is 9.43. The molecule has 0 aliphatic carbocycles. The van der Waals surface area contributed by atoms with Crippen molar-refractivity contribution >= 4 is 10.0 Å². The van der Waals surface area contributed by atoms with Gasteiger partial charge in [0.1, 0.15) is 0 Å². The number of benzene rings is 1. The van der Waals surface area contributed by atoms with Gasteiger partial charge in [0.2, 0.25) is 10.0 Å². The lowest BCUT2D eigenvalue weighted by atomic mass is 10.1. The van der Waals surface area contributed by atoms with Crippen molar-refractivity contribution in [3.8, 4) is 0 Å². The van der Waals surface area contributed by atoms with Gasteiger partial charge < -0.3 is 5.32 Å². The maximum atomic E-state index is 11.3. The van der Waals surface area contributed by atoms with Crippen molar-refractivity contribution in [1.82, 2.24) is 5.32 Å². The minimum atomic E-state index is -3.61. The van der Waals surface area contributed by atoms with Gasteiger partial charge in [-0.25, -0.2) is 13.6 Å². The Morgan fingerprint density at radius 2 is 2.00 bits per heavy atom. The van der Waals surface area contributed by atoms with Crippen LogP contribution in [0.25, 0.3) is 0 Å². The average Bonchev–Trinajstić information content (AvgIpc) is 2.41. The Morgan fingerprint density at radius 1 is 1.25 bits per heavy atom. The molecule has 0 fully saturated rings. The SMILES string of the molecule is CCCCCCC(C)NCc1cccc(S(N)(=O)=O)c1. The first-order valence-corrected chi connectivity index (χ1v) is 8.83. The molecule has 1 rings (SSSR count). The predicted octanol–water partition coefficient (Wildman–Crippen LogP) is 2.78. The molecule has 5 heteroatoms. The van der Waals surface area contributed by atoms with Crippen LogP contribution < -0.4 is 10.5 Å². The molecule has 3 N–H and O–H groups in total. The first-order valence-electron chi connectivity index (χ1n) is 7.28. The van der Waals surface area contributed by atoms with Crippen molar-refractivity contribution in [2.24, 2.45) is 5.14 Å². The van der Waals surface area contributed by atoms with E-state index in [0.29, 0.717) is 12.6 Å². The number of primary sulfonamides is 1. The smallest absolute Gasteiger partial charge is 0.238 e. The quantitative estimate of drug-likeness (QED) is 0.689. The lowest BCUT2D eigenvalue weighted by Crippen LogP contribution is -2.25. The Hall–Kier alpha value is -0.910. The molecule has 114 valence electrons. The second-order valence-corrected chi connectivity index (χ2v) is 6.89. The zero-order valence-electron chi connectivity index (χ0n) is 12.4. The maximum absolute atomic E-state index is 11.3. The standard InChI is InChI=1S/C15H26N2O2S/c1-3-4-5-6-8-13(2)17-12-14-9-7-10-15(11-14)20(16,18)19/h7,9-11,13,17H,3-6,8,12H2,1-2H3,(H2,16,18,19). The lowest BCUT2D eigenvalue weighted by molar-refractivity contribution is 0.482. The van der Waals surface area contributed by atoms with Crippen LogP contribution in [-0.2, 0) is 16.6 Å². The van der Waals surface area contributed by atoms with Gasteiger partial charge in [-0.05, 0) is 31.0 Å². The minimum absolute atomic E-state index is 0.174. The van der Waals surface area contributed by atoms with Gasteiger partial charge in [-0.1, -0.05) is 44.7 Å². The molecule has 1 unspecified atom stereocenters. The third-order valence-electron chi connectivity index (χ3n) is 3.37. The third kappa shape index (κ3) is 6.50. The Kier molecular flexibility index (Phi) is 7.19. The predicted molar refractivity (Wildman–Crippen MR) is 82.9 cm³/mol. The summed E-state index contributed by atoms with van der Waals surface area (Å²) in [6.07, 6.45) is 6.21. The van der Waals surface area contributed by atoms with E-state index in [1.165, 1.54) is 31.7 Å². The number of unbranched alkanes of at least 4 members (excludes halogenated alkanes) is 3. The van der Waals surface area contributed by atoms with Gasteiger partial charge in [0, 0.05) is 12.6 Å². The summed E-state index contributed by atoms with van der Waals surface area (Å²) >= 11 is 0. The van der Waals surface area contributed by atoms with Crippen LogP contribution in [0.2, 0.25) is 0 Å². The van der Waals surface area contributed by atoms with Crippen LogP contribution >= 0.6 is 0 Å². The van der Waals surface area contributed by atoms with Gasteiger partial charge in [-0.15, -0.1) is 0 Å². The van der Waals surface area contributed by atoms with E-state index in [2.05, 4.69) is 19.2 Å². The van der Waals surface area contributed by atoms with Gasteiger partial charge in [-0.3, -0.25) is 0 Å². The molecule has 4 nitrogen and oxygen atoms in total. The van der Waals surface area contributed by atoms with Crippen molar-refractivity contribution < 1.29 is 8.42 Å². The fraction of sp³-hybridized carbons (Fsp3) is 0.600. The summed E-state index contributed by atoms with van der Waals surface area (Å²) in [5.41, 5.74) is 0.942. The van der Waals surface area contributed by atoms with Gasteiger partial charge in [-0.2, -0.15) is 0 Å². The molecule has 1 aromatic rings. The van der Waals surface area contributed by atoms with E-state index in [1.807, 2.05) is 6.07 Å². The number of hydrogen-bond donors (Lipinski definition) is 2. The number of rotatable bonds is 9. The van der Waals surface area contributed by atoms with E-state index < -0.39 is 10.0 Å². The number of sulfonamides is 1. The Balaban J connectivity index is 2.42. The molecule has 0 amide bonds. The molecule has 1 aromatic carbocycles. The van der Waals surface area contributed by atoms with Crippen molar-refractivity contribution in [2.45, 2.75) is 63.4 Å². The van der Waals surface area contributed by atoms with E-state index in [9.17, 15) is 8.42 Å². The van der Waals surface area contributed by atoms with Gasteiger partial charge in [0.05, 0.1) is 4.90 Å². The highest BCUT2D eigenvalue weighted by Gasteiger charge is 2.08. The molecule has 0 heterocycles. The highest BCUT2D eigenvalue weighted by atomic mass is 32.2. The minimum Gasteiger partial charge on any atom is -0.310 e. The molecule has 0 aliphatic rings. The Morgan fingerprint density at radius 3 is 2.65 bits per heavy atom. The van der Waals surface area contributed by atoms with Gasteiger partial charge in [0.15, 0.2) is 0 Å². The Bertz CT molecular complexity index is 500. The van der Waals surface area contributed by atoms with Gasteiger partial charge >= 0.3 is 0 Å². The van der Waals surface area contributed by atoms with Crippen LogP contribution in [0.15, 0.2) is 29.2 Å². The molecule has 1 atom stereocenters. The van der Waals surface area contributed by atoms with Crippen molar-refractivity contribution in [3.05, 3.63) is 29.8 Å². The number of hydrogen-bond acceptors (Lipinski definition) is 3. The number of nitrogens with one attached hydrogen (secondary N) is 1. The highest BCUT2D eigenvalue weighted by molar-refractivity contribution is 7.89. The molecule has 0 radical (unpaired) electrons. The van der Waals surface area contributed by atoms with E-state index in [4.69, 9.17) is 5.14 Å². The summed E-state index contributed by atoms with van der Waals surface area (Å²) in [5, 5.41) is 8.55. The fourth-order valence-corrected chi connectivity index (χ4v) is 2.69. The second kappa shape index (κ2) is 8.39. The topological polar surface area (TPSA) is 72.2 Å². The maximum Gasteiger partial charge on any atom is 0.238 e. The van der Waals surface area contributed by atoms with E-state index in [0.717, 1.165) is 12.0 Å². The Labute approximate surface area is 122 Å². The van der Waals surface area contributed by atoms with Crippen molar-refractivity contribution in [3.63, 3.8) is 0 Å². The van der Waals surface area contributed by atoms with Crippen LogP contribution in [0.4, 0.5) is 0 Å². The molecule has 0 aromatic heterocycles. The fourth-order valence-electron chi connectivity index (χ4n) is 2.10. The largest absolute Gasteiger partial charge is 0.310 e. The van der Waals surface area contributed by atoms with E-state index in [1.54, 1.807) is 12.1 Å². The summed E-state index contributed by atoms with van der Waals surface area (Å²) in [7, 11) is -3.61. The van der Waals surface area contributed by atoms with Crippen LogP contribution in [0.3, 0.4) is 0 Å². The lowest BCUT2D eigenvalue weighted by Gasteiger charge is -2.14. The monoisotopic (exact) mass is 298 g/mol. The molecule has 0 spiro atoms. The molecule has 0 aliphatic heterocycles. The van der Waals surface area contributed by atoms with Gasteiger partial charge in [0.25, 0.3) is 0 Å². The molecular formula is C15H26N2O2S. The van der Waals surface area contributed by atoms with Crippen molar-refractivity contribution in [1.29, 1.82) is 0 Å². The van der Waals surface area contributed by atoms with E-state index in [-0.39, 0.29) is 4.90 Å². The average molecular weight is 298 g/mol. The molecule has 0 bridgehead atoms. The van der Waals surface area contributed by atoms with Crippen molar-refractivity contribution in [2.75, 3.05) is 0 Å². The molecule has 20 heavy (non-hydrogen) atoms. The number of nitrogens with two attached hydrogens (primary N) is 1. The highest BCUT2D eigenvalue weighted by Crippen LogP contribution is 2.10. The summed E-state index contributed by atoms with van der Waals surface area (Å²) < 4.78 is 22.6. The van der Waals surface area contributed by atoms with Crippen LogP contribution in [0.5, 0.6) is 0 Å². The summed E-state index contributed by atoms with van der Waals surface area (Å²) in [6.45, 7) is 5.04. The summed E-state index contributed by atoms with van der Waals surface area (Å²) in [4.78, 5) is 0.174. The summed E-state index contributed by atoms with van der Waals surface area (Å²) in [5.74, 6) is 0. The second-order valence-electron chi connectivity index (χ2n) is 5.32. The van der Waals surface area contributed by atoms with Crippen LogP contribution in [0.1, 0.15) is 51.5 Å². The molecule has 0 saturated carbocycles. The first kappa shape index (κ1) is 17.1.